The number of ether oxygens (including phenoxy) is 4. The van der Waals surface area contributed by atoms with Gasteiger partial charge in [-0.25, -0.2) is 0 Å². The minimum Gasteiger partial charge on any atom is -0.391 e. The molecule has 0 aromatic carbocycles. The Balaban J connectivity index is 0. The van der Waals surface area contributed by atoms with Gasteiger partial charge in [0.1, 0.15) is 0 Å². The lowest BCUT2D eigenvalue weighted by Gasteiger charge is -2.13. The Morgan fingerprint density at radius 1 is 0.762 bits per heavy atom. The quantitative estimate of drug-likeness (QED) is 0.598. The summed E-state index contributed by atoms with van der Waals surface area (Å²) >= 11 is 0. The first-order valence-electron chi connectivity index (χ1n) is 7.49. The van der Waals surface area contributed by atoms with Gasteiger partial charge >= 0.3 is 0 Å². The Bertz CT molecular complexity index is 199. The molecule has 0 aliphatic carbocycles. The van der Waals surface area contributed by atoms with E-state index in [4.69, 9.17) is 29.2 Å². The summed E-state index contributed by atoms with van der Waals surface area (Å²) in [6, 6.07) is 0. The van der Waals surface area contributed by atoms with Gasteiger partial charge in [0.05, 0.1) is 50.8 Å². The van der Waals surface area contributed by atoms with Gasteiger partial charge in [-0.1, -0.05) is 0 Å². The molecule has 0 aliphatic rings. The molecular formula is C15H34O6. The normalized spacial score (nSPS) is 16.6. The zero-order chi connectivity index (χ0) is 16.7. The first-order chi connectivity index (χ1) is 9.83. The number of hydrogen-bond acceptors (Lipinski definition) is 6. The molecule has 4 unspecified atom stereocenters. The maximum absolute atomic E-state index is 8.86. The van der Waals surface area contributed by atoms with E-state index < -0.39 is 0 Å². The van der Waals surface area contributed by atoms with Gasteiger partial charge in [0, 0.05) is 13.7 Å². The Hall–Kier alpha value is -0.240. The van der Waals surface area contributed by atoms with Crippen molar-refractivity contribution in [1.29, 1.82) is 0 Å². The highest BCUT2D eigenvalue weighted by Crippen LogP contribution is 1.94. The van der Waals surface area contributed by atoms with Crippen molar-refractivity contribution < 1.29 is 29.2 Å². The van der Waals surface area contributed by atoms with E-state index in [0.29, 0.717) is 33.0 Å². The number of hydrogen-bond donors (Lipinski definition) is 2. The average Bonchev–Trinajstić information content (AvgIpc) is 2.41. The van der Waals surface area contributed by atoms with Crippen molar-refractivity contribution in [3.05, 3.63) is 0 Å². The van der Waals surface area contributed by atoms with Crippen molar-refractivity contribution in [2.75, 3.05) is 40.1 Å². The molecule has 6 heteroatoms. The van der Waals surface area contributed by atoms with E-state index >= 15 is 0 Å². The van der Waals surface area contributed by atoms with E-state index in [1.807, 2.05) is 20.8 Å². The summed E-state index contributed by atoms with van der Waals surface area (Å²) in [6.07, 6.45) is -0.637. The van der Waals surface area contributed by atoms with E-state index in [9.17, 15) is 0 Å². The van der Waals surface area contributed by atoms with Crippen LogP contribution in [0.15, 0.2) is 0 Å². The fraction of sp³-hybridized carbons (Fsp3) is 1.00. The standard InChI is InChI=1S/C8H18O3.C7H16O3/c1-4-10-6-8(3)11-5-7(2)9;1-6(8)4-10-7(2)5-9-3/h7-9H,4-6H2,1-3H3;6-8H,4-5H2,1-3H3. The van der Waals surface area contributed by atoms with Gasteiger partial charge in [-0.05, 0) is 34.6 Å². The lowest BCUT2D eigenvalue weighted by atomic mass is 10.4. The van der Waals surface area contributed by atoms with Gasteiger partial charge in [0.15, 0.2) is 0 Å². The summed E-state index contributed by atoms with van der Waals surface area (Å²) in [5.41, 5.74) is 0. The lowest BCUT2D eigenvalue weighted by molar-refractivity contribution is -0.0344. The highest BCUT2D eigenvalue weighted by molar-refractivity contribution is 4.50. The molecule has 2 N–H and O–H groups in total. The maximum Gasteiger partial charge on any atom is 0.0781 e. The second-order valence-electron chi connectivity index (χ2n) is 5.10. The van der Waals surface area contributed by atoms with Gasteiger partial charge in [0.2, 0.25) is 0 Å². The zero-order valence-electron chi connectivity index (χ0n) is 14.4. The highest BCUT2D eigenvalue weighted by atomic mass is 16.5. The van der Waals surface area contributed by atoms with E-state index in [2.05, 4.69) is 0 Å². The average molecular weight is 310 g/mol. The smallest absolute Gasteiger partial charge is 0.0781 e. The van der Waals surface area contributed by atoms with E-state index in [-0.39, 0.29) is 24.4 Å². The van der Waals surface area contributed by atoms with Crippen LogP contribution in [0.2, 0.25) is 0 Å². The maximum atomic E-state index is 8.86. The largest absolute Gasteiger partial charge is 0.391 e. The number of aliphatic hydroxyl groups is 2. The second kappa shape index (κ2) is 16.1. The first-order valence-corrected chi connectivity index (χ1v) is 7.49. The van der Waals surface area contributed by atoms with Crippen LogP contribution in [-0.4, -0.2) is 74.8 Å². The first kappa shape index (κ1) is 23.0. The molecule has 0 aromatic heterocycles. The van der Waals surface area contributed by atoms with Crippen molar-refractivity contribution in [2.24, 2.45) is 0 Å². The predicted octanol–water partition coefficient (Wildman–Crippen LogP) is 1.23. The molecule has 0 spiro atoms. The molecule has 0 aliphatic heterocycles. The van der Waals surface area contributed by atoms with Crippen LogP contribution in [0.5, 0.6) is 0 Å². The molecule has 0 radical (unpaired) electrons. The monoisotopic (exact) mass is 310 g/mol. The summed E-state index contributed by atoms with van der Waals surface area (Å²) in [4.78, 5) is 0. The molecule has 0 heterocycles. The van der Waals surface area contributed by atoms with Gasteiger partial charge in [-0.15, -0.1) is 0 Å². The van der Waals surface area contributed by atoms with Crippen molar-refractivity contribution in [3.8, 4) is 0 Å². The van der Waals surface area contributed by atoms with Crippen LogP contribution in [0.1, 0.15) is 34.6 Å². The van der Waals surface area contributed by atoms with E-state index in [1.165, 1.54) is 0 Å². The van der Waals surface area contributed by atoms with Crippen molar-refractivity contribution in [1.82, 2.24) is 0 Å². The molecule has 6 nitrogen and oxygen atoms in total. The predicted molar refractivity (Wildman–Crippen MR) is 82.6 cm³/mol. The number of methoxy groups -OCH3 is 1. The molecule has 0 bridgehead atoms. The fourth-order valence-electron chi connectivity index (χ4n) is 1.22. The third-order valence-electron chi connectivity index (χ3n) is 2.20. The summed E-state index contributed by atoms with van der Waals surface area (Å²) in [6.45, 7) is 11.8. The molecule has 0 amide bonds. The molecule has 0 rings (SSSR count). The summed E-state index contributed by atoms with van der Waals surface area (Å²) in [5, 5.41) is 17.7. The fourth-order valence-corrected chi connectivity index (χ4v) is 1.22. The summed E-state index contributed by atoms with van der Waals surface area (Å²) in [5.74, 6) is 0. The third-order valence-corrected chi connectivity index (χ3v) is 2.20. The van der Waals surface area contributed by atoms with Crippen molar-refractivity contribution >= 4 is 0 Å². The zero-order valence-corrected chi connectivity index (χ0v) is 14.4. The minimum atomic E-state index is -0.390. The molecule has 0 saturated carbocycles. The van der Waals surface area contributed by atoms with Crippen molar-refractivity contribution in [2.45, 2.75) is 59.0 Å². The molecule has 0 saturated heterocycles. The Morgan fingerprint density at radius 2 is 1.19 bits per heavy atom. The molecular weight excluding hydrogens is 276 g/mol. The SMILES string of the molecule is CCOCC(C)OCC(C)O.COCC(C)OCC(C)O. The molecule has 130 valence electrons. The van der Waals surface area contributed by atoms with Crippen LogP contribution in [0, 0.1) is 0 Å². The van der Waals surface area contributed by atoms with Gasteiger partial charge < -0.3 is 29.2 Å². The summed E-state index contributed by atoms with van der Waals surface area (Å²) in [7, 11) is 1.63. The van der Waals surface area contributed by atoms with Gasteiger partial charge in [0.25, 0.3) is 0 Å². The van der Waals surface area contributed by atoms with Crippen LogP contribution < -0.4 is 0 Å². The van der Waals surface area contributed by atoms with Crippen LogP contribution >= 0.6 is 0 Å². The third kappa shape index (κ3) is 22.2. The lowest BCUT2D eigenvalue weighted by Crippen LogP contribution is -2.21. The van der Waals surface area contributed by atoms with E-state index in [0.717, 1.165) is 0 Å². The van der Waals surface area contributed by atoms with Crippen molar-refractivity contribution in [3.63, 3.8) is 0 Å². The number of rotatable bonds is 11. The second-order valence-corrected chi connectivity index (χ2v) is 5.10. The number of aliphatic hydroxyl groups excluding tert-OH is 2. The van der Waals surface area contributed by atoms with Crippen LogP contribution in [0.25, 0.3) is 0 Å². The molecule has 4 atom stereocenters. The van der Waals surface area contributed by atoms with Crippen LogP contribution in [0.4, 0.5) is 0 Å². The van der Waals surface area contributed by atoms with Gasteiger partial charge in [-0.2, -0.15) is 0 Å². The molecule has 21 heavy (non-hydrogen) atoms. The topological polar surface area (TPSA) is 77.4 Å². The van der Waals surface area contributed by atoms with Crippen LogP contribution in [-0.2, 0) is 18.9 Å². The Morgan fingerprint density at radius 3 is 1.52 bits per heavy atom. The van der Waals surface area contributed by atoms with Crippen LogP contribution in [0.3, 0.4) is 0 Å². The minimum absolute atomic E-state index is 0.0691. The molecule has 0 fully saturated rings. The highest BCUT2D eigenvalue weighted by Gasteiger charge is 2.03. The van der Waals surface area contributed by atoms with E-state index in [1.54, 1.807) is 21.0 Å². The van der Waals surface area contributed by atoms with Gasteiger partial charge in [-0.3, -0.25) is 0 Å². The Labute approximate surface area is 129 Å². The summed E-state index contributed by atoms with van der Waals surface area (Å²) < 4.78 is 20.3. The molecule has 0 aromatic rings. The Kier molecular flexibility index (Phi) is 17.7.